The van der Waals surface area contributed by atoms with Gasteiger partial charge in [0.25, 0.3) is 5.91 Å². The van der Waals surface area contributed by atoms with Crippen LogP contribution in [0.15, 0.2) is 16.5 Å². The average Bonchev–Trinajstić information content (AvgIpc) is 2.83. The Morgan fingerprint density at radius 2 is 1.83 bits per heavy atom. The van der Waals surface area contributed by atoms with Crippen molar-refractivity contribution in [2.75, 3.05) is 13.6 Å². The molecule has 4 nitrogen and oxygen atoms in total. The fourth-order valence-electron chi connectivity index (χ4n) is 1.71. The highest BCUT2D eigenvalue weighted by Gasteiger charge is 2.16. The quantitative estimate of drug-likeness (QED) is 0.552. The maximum absolute atomic E-state index is 12.0. The molecular formula is C14H21NO3. The van der Waals surface area contributed by atoms with Gasteiger partial charge in [-0.05, 0) is 18.6 Å². The molecule has 1 aromatic heterocycles. The molecule has 1 amide bonds. The number of amides is 1. The van der Waals surface area contributed by atoms with E-state index in [1.165, 1.54) is 19.8 Å². The van der Waals surface area contributed by atoms with Crippen LogP contribution in [-0.2, 0) is 0 Å². The van der Waals surface area contributed by atoms with Crippen molar-refractivity contribution in [2.45, 2.75) is 39.5 Å². The van der Waals surface area contributed by atoms with E-state index in [1.807, 2.05) is 0 Å². The lowest BCUT2D eigenvalue weighted by Gasteiger charge is -2.15. The van der Waals surface area contributed by atoms with Gasteiger partial charge in [-0.1, -0.05) is 26.2 Å². The van der Waals surface area contributed by atoms with Crippen LogP contribution in [0.1, 0.15) is 60.6 Å². The monoisotopic (exact) mass is 251 g/mol. The van der Waals surface area contributed by atoms with Gasteiger partial charge in [0.15, 0.2) is 17.3 Å². The van der Waals surface area contributed by atoms with Crippen molar-refractivity contribution in [3.8, 4) is 0 Å². The number of nitrogens with zero attached hydrogens (tertiary/aromatic N) is 1. The highest BCUT2D eigenvalue weighted by molar-refractivity contribution is 5.95. The number of carbonyl (C=O) groups excluding carboxylic acids is 2. The van der Waals surface area contributed by atoms with E-state index in [1.54, 1.807) is 24.1 Å². The fourth-order valence-corrected chi connectivity index (χ4v) is 1.71. The third-order valence-corrected chi connectivity index (χ3v) is 2.86. The first-order chi connectivity index (χ1) is 8.56. The Morgan fingerprint density at radius 3 is 2.39 bits per heavy atom. The lowest BCUT2D eigenvalue weighted by molar-refractivity contribution is 0.0758. The minimum absolute atomic E-state index is 0.167. The predicted molar refractivity (Wildman–Crippen MR) is 69.8 cm³/mol. The molecule has 0 radical (unpaired) electrons. The van der Waals surface area contributed by atoms with Crippen molar-refractivity contribution >= 4 is 11.7 Å². The number of hydrogen-bond acceptors (Lipinski definition) is 3. The van der Waals surface area contributed by atoms with Gasteiger partial charge in [0.05, 0.1) is 0 Å². The summed E-state index contributed by atoms with van der Waals surface area (Å²) in [4.78, 5) is 24.7. The second kappa shape index (κ2) is 6.99. The van der Waals surface area contributed by atoms with Gasteiger partial charge in [0, 0.05) is 20.5 Å². The predicted octanol–water partition coefficient (Wildman–Crippen LogP) is 3.13. The van der Waals surface area contributed by atoms with E-state index in [0.29, 0.717) is 0 Å². The molecule has 0 unspecified atom stereocenters. The number of rotatable bonds is 7. The highest BCUT2D eigenvalue weighted by atomic mass is 16.4. The molecule has 18 heavy (non-hydrogen) atoms. The van der Waals surface area contributed by atoms with Crippen molar-refractivity contribution in [3.05, 3.63) is 23.7 Å². The van der Waals surface area contributed by atoms with E-state index < -0.39 is 0 Å². The van der Waals surface area contributed by atoms with E-state index in [0.717, 1.165) is 19.4 Å². The number of hydrogen-bond donors (Lipinski definition) is 0. The van der Waals surface area contributed by atoms with Gasteiger partial charge in [-0.2, -0.15) is 0 Å². The first kappa shape index (κ1) is 14.5. The van der Waals surface area contributed by atoms with Crippen molar-refractivity contribution < 1.29 is 14.0 Å². The summed E-state index contributed by atoms with van der Waals surface area (Å²) >= 11 is 0. The molecule has 0 atom stereocenters. The van der Waals surface area contributed by atoms with Crippen molar-refractivity contribution in [1.82, 2.24) is 4.90 Å². The molecule has 0 saturated carbocycles. The number of Topliss-reactive ketones (excluding diaryl/α,β-unsaturated/α-hetero) is 1. The van der Waals surface area contributed by atoms with Crippen LogP contribution in [0.2, 0.25) is 0 Å². The lowest BCUT2D eigenvalue weighted by Crippen LogP contribution is -2.27. The number of furan rings is 1. The summed E-state index contributed by atoms with van der Waals surface area (Å²) in [6.45, 7) is 4.29. The molecule has 0 aliphatic heterocycles. The van der Waals surface area contributed by atoms with E-state index in [-0.39, 0.29) is 23.2 Å². The Balaban J connectivity index is 2.49. The van der Waals surface area contributed by atoms with E-state index in [9.17, 15) is 9.59 Å². The maximum atomic E-state index is 12.0. The summed E-state index contributed by atoms with van der Waals surface area (Å²) in [5.41, 5.74) is 0. The smallest absolute Gasteiger partial charge is 0.289 e. The third-order valence-electron chi connectivity index (χ3n) is 2.86. The molecule has 1 heterocycles. The van der Waals surface area contributed by atoms with Crippen LogP contribution in [0.4, 0.5) is 0 Å². The van der Waals surface area contributed by atoms with Crippen LogP contribution in [0.25, 0.3) is 0 Å². The van der Waals surface area contributed by atoms with E-state index >= 15 is 0 Å². The van der Waals surface area contributed by atoms with Gasteiger partial charge in [0.1, 0.15) is 0 Å². The summed E-state index contributed by atoms with van der Waals surface area (Å²) in [7, 11) is 1.75. The third kappa shape index (κ3) is 4.02. The first-order valence-electron chi connectivity index (χ1n) is 6.42. The molecule has 1 rings (SSSR count). The Labute approximate surface area is 108 Å². The minimum Gasteiger partial charge on any atom is -0.448 e. The van der Waals surface area contributed by atoms with Gasteiger partial charge >= 0.3 is 0 Å². The van der Waals surface area contributed by atoms with Crippen LogP contribution >= 0.6 is 0 Å². The number of unbranched alkanes of at least 4 members (excludes halogenated alkanes) is 3. The topological polar surface area (TPSA) is 50.5 Å². The van der Waals surface area contributed by atoms with Crippen LogP contribution < -0.4 is 0 Å². The summed E-state index contributed by atoms with van der Waals surface area (Å²) in [6, 6.07) is 3.10. The SMILES string of the molecule is CCCCCCN(C)C(=O)c1ccc(C(C)=O)o1. The van der Waals surface area contributed by atoms with Crippen LogP contribution in [0.3, 0.4) is 0 Å². The van der Waals surface area contributed by atoms with Crippen LogP contribution in [0.5, 0.6) is 0 Å². The summed E-state index contributed by atoms with van der Waals surface area (Å²) < 4.78 is 5.21. The summed E-state index contributed by atoms with van der Waals surface area (Å²) in [6.07, 6.45) is 4.50. The zero-order chi connectivity index (χ0) is 13.5. The van der Waals surface area contributed by atoms with Gasteiger partial charge in [-0.3, -0.25) is 9.59 Å². The van der Waals surface area contributed by atoms with Gasteiger partial charge < -0.3 is 9.32 Å². The molecule has 0 bridgehead atoms. The highest BCUT2D eigenvalue weighted by Crippen LogP contribution is 2.11. The standard InChI is InChI=1S/C14H21NO3/c1-4-5-6-7-10-15(3)14(17)13-9-8-12(18-13)11(2)16/h8-9H,4-7,10H2,1-3H3. The second-order valence-corrected chi connectivity index (χ2v) is 4.51. The minimum atomic E-state index is -0.168. The molecule has 0 aliphatic rings. The van der Waals surface area contributed by atoms with E-state index in [4.69, 9.17) is 4.42 Å². The Bertz CT molecular complexity index is 409. The average molecular weight is 251 g/mol. The summed E-state index contributed by atoms with van der Waals surface area (Å²) in [5, 5.41) is 0. The normalized spacial score (nSPS) is 10.4. The Morgan fingerprint density at radius 1 is 1.17 bits per heavy atom. The van der Waals surface area contributed by atoms with Crippen LogP contribution in [0, 0.1) is 0 Å². The number of ketones is 1. The van der Waals surface area contributed by atoms with Crippen LogP contribution in [-0.4, -0.2) is 30.2 Å². The molecular weight excluding hydrogens is 230 g/mol. The maximum Gasteiger partial charge on any atom is 0.289 e. The lowest BCUT2D eigenvalue weighted by atomic mass is 10.2. The molecule has 0 N–H and O–H groups in total. The molecule has 0 aliphatic carbocycles. The molecule has 0 aromatic carbocycles. The molecule has 0 saturated heterocycles. The van der Waals surface area contributed by atoms with Gasteiger partial charge in [-0.15, -0.1) is 0 Å². The second-order valence-electron chi connectivity index (χ2n) is 4.51. The first-order valence-corrected chi connectivity index (χ1v) is 6.42. The van der Waals surface area contributed by atoms with Crippen molar-refractivity contribution in [2.24, 2.45) is 0 Å². The molecule has 0 fully saturated rings. The summed E-state index contributed by atoms with van der Waals surface area (Å²) in [5.74, 6) is 0.134. The number of carbonyl (C=O) groups is 2. The van der Waals surface area contributed by atoms with E-state index in [2.05, 4.69) is 6.92 Å². The zero-order valence-corrected chi connectivity index (χ0v) is 11.4. The zero-order valence-electron chi connectivity index (χ0n) is 11.4. The van der Waals surface area contributed by atoms with Crippen molar-refractivity contribution in [3.63, 3.8) is 0 Å². The largest absolute Gasteiger partial charge is 0.448 e. The van der Waals surface area contributed by atoms with Crippen molar-refractivity contribution in [1.29, 1.82) is 0 Å². The van der Waals surface area contributed by atoms with Gasteiger partial charge in [-0.25, -0.2) is 0 Å². The molecule has 100 valence electrons. The Kier molecular flexibility index (Phi) is 5.62. The molecule has 4 heteroatoms. The molecule has 1 aromatic rings. The fraction of sp³-hybridized carbons (Fsp3) is 0.571. The Hall–Kier alpha value is -1.58. The van der Waals surface area contributed by atoms with Gasteiger partial charge in [0.2, 0.25) is 0 Å². The molecule has 0 spiro atoms.